The molecule has 1 aliphatic heterocycles. The largest absolute Gasteiger partial charge is 0.494 e. The van der Waals surface area contributed by atoms with Crippen molar-refractivity contribution in [2.75, 3.05) is 36.5 Å². The summed E-state index contributed by atoms with van der Waals surface area (Å²) >= 11 is 0. The summed E-state index contributed by atoms with van der Waals surface area (Å²) in [5.41, 5.74) is 4.01. The summed E-state index contributed by atoms with van der Waals surface area (Å²) in [6.07, 6.45) is 6.12. The molecule has 1 N–H and O–H groups in total. The molecule has 25 heavy (non-hydrogen) atoms. The second kappa shape index (κ2) is 9.36. The van der Waals surface area contributed by atoms with Crippen molar-refractivity contribution in [2.24, 2.45) is 0 Å². The number of benzene rings is 2. The van der Waals surface area contributed by atoms with E-state index in [9.17, 15) is 0 Å². The van der Waals surface area contributed by atoms with Gasteiger partial charge in [-0.2, -0.15) is 0 Å². The average molecular weight is 338 g/mol. The summed E-state index contributed by atoms with van der Waals surface area (Å²) in [4.78, 5) is 2.47. The predicted octanol–water partition coefficient (Wildman–Crippen LogP) is 5.12. The fourth-order valence-electron chi connectivity index (χ4n) is 3.39. The number of anilines is 2. The van der Waals surface area contributed by atoms with Gasteiger partial charge in [-0.1, -0.05) is 50.5 Å². The number of nitrogens with one attached hydrogen (secondary N) is 1. The van der Waals surface area contributed by atoms with Crippen molar-refractivity contribution < 1.29 is 4.74 Å². The average Bonchev–Trinajstić information content (AvgIpc) is 3.05. The lowest BCUT2D eigenvalue weighted by Crippen LogP contribution is -2.27. The van der Waals surface area contributed by atoms with Crippen molar-refractivity contribution in [1.82, 2.24) is 0 Å². The number of ether oxygens (including phenoxy) is 1. The molecule has 1 aliphatic rings. The van der Waals surface area contributed by atoms with Crippen LogP contribution in [0.5, 0.6) is 5.75 Å². The molecule has 0 atom stereocenters. The Morgan fingerprint density at radius 2 is 1.96 bits per heavy atom. The lowest BCUT2D eigenvalue weighted by atomic mass is 10.2. The number of hydrogen-bond acceptors (Lipinski definition) is 3. The molecule has 0 bridgehead atoms. The van der Waals surface area contributed by atoms with E-state index >= 15 is 0 Å². The van der Waals surface area contributed by atoms with Crippen LogP contribution in [0.2, 0.25) is 0 Å². The van der Waals surface area contributed by atoms with Gasteiger partial charge in [0.15, 0.2) is 0 Å². The highest BCUT2D eigenvalue weighted by atomic mass is 16.5. The molecule has 2 aromatic rings. The van der Waals surface area contributed by atoms with E-state index in [2.05, 4.69) is 59.6 Å². The van der Waals surface area contributed by atoms with Gasteiger partial charge >= 0.3 is 0 Å². The van der Waals surface area contributed by atoms with Gasteiger partial charge in [0.1, 0.15) is 5.75 Å². The summed E-state index contributed by atoms with van der Waals surface area (Å²) in [6.45, 7) is 6.14. The van der Waals surface area contributed by atoms with Crippen molar-refractivity contribution in [3.05, 3.63) is 54.1 Å². The van der Waals surface area contributed by atoms with Crippen LogP contribution in [-0.2, 0) is 6.42 Å². The summed E-state index contributed by atoms with van der Waals surface area (Å²) in [5, 5.41) is 3.53. The Kier molecular flexibility index (Phi) is 6.61. The summed E-state index contributed by atoms with van der Waals surface area (Å²) in [5.74, 6) is 0.966. The maximum atomic E-state index is 5.87. The molecule has 0 fully saturated rings. The zero-order chi connectivity index (χ0) is 17.3. The lowest BCUT2D eigenvalue weighted by Gasteiger charge is -2.20. The van der Waals surface area contributed by atoms with Crippen LogP contribution in [0.1, 0.15) is 38.2 Å². The Labute approximate surface area is 152 Å². The van der Waals surface area contributed by atoms with E-state index in [1.165, 1.54) is 30.5 Å². The molecular formula is C22H30N2O. The first-order valence-corrected chi connectivity index (χ1v) is 9.66. The zero-order valence-electron chi connectivity index (χ0n) is 15.3. The molecular weight excluding hydrogens is 308 g/mol. The Bertz CT molecular complexity index is 656. The fraction of sp³-hybridized carbons (Fsp3) is 0.455. The lowest BCUT2D eigenvalue weighted by molar-refractivity contribution is 0.305. The molecule has 3 nitrogen and oxygen atoms in total. The molecule has 134 valence electrons. The Balaban J connectivity index is 1.42. The van der Waals surface area contributed by atoms with Gasteiger partial charge in [0, 0.05) is 37.1 Å². The number of para-hydroxylation sites is 1. The van der Waals surface area contributed by atoms with Gasteiger partial charge in [0.2, 0.25) is 0 Å². The first-order valence-electron chi connectivity index (χ1n) is 9.66. The van der Waals surface area contributed by atoms with Crippen LogP contribution in [0.15, 0.2) is 48.5 Å². The molecule has 0 aromatic heterocycles. The van der Waals surface area contributed by atoms with Crippen molar-refractivity contribution >= 4 is 11.4 Å². The van der Waals surface area contributed by atoms with Crippen LogP contribution in [0.25, 0.3) is 0 Å². The minimum atomic E-state index is 0.814. The second-order valence-electron chi connectivity index (χ2n) is 6.73. The SMILES string of the molecule is CCCCCCOc1cccc(NCCN2CCc3ccccc32)c1. The van der Waals surface area contributed by atoms with Crippen molar-refractivity contribution in [2.45, 2.75) is 39.0 Å². The van der Waals surface area contributed by atoms with Gasteiger partial charge in [-0.05, 0) is 36.6 Å². The van der Waals surface area contributed by atoms with Crippen molar-refractivity contribution in [3.63, 3.8) is 0 Å². The van der Waals surface area contributed by atoms with E-state index in [-0.39, 0.29) is 0 Å². The third kappa shape index (κ3) is 5.15. The molecule has 0 amide bonds. The third-order valence-electron chi connectivity index (χ3n) is 4.79. The van der Waals surface area contributed by atoms with Crippen LogP contribution >= 0.6 is 0 Å². The van der Waals surface area contributed by atoms with Crippen molar-refractivity contribution in [1.29, 1.82) is 0 Å². The number of nitrogens with zero attached hydrogens (tertiary/aromatic N) is 1. The standard InChI is InChI=1S/C22H30N2O/c1-2-3-4-7-17-25-21-11-8-10-20(18-21)23-14-16-24-15-13-19-9-5-6-12-22(19)24/h5-6,8-12,18,23H,2-4,7,13-17H2,1H3. The van der Waals surface area contributed by atoms with E-state index in [4.69, 9.17) is 4.74 Å². The molecule has 3 heteroatoms. The highest BCUT2D eigenvalue weighted by molar-refractivity contribution is 5.58. The molecule has 0 radical (unpaired) electrons. The van der Waals surface area contributed by atoms with Gasteiger partial charge in [-0.15, -0.1) is 0 Å². The molecule has 2 aromatic carbocycles. The van der Waals surface area contributed by atoms with Gasteiger partial charge in [-0.25, -0.2) is 0 Å². The van der Waals surface area contributed by atoms with Crippen LogP contribution < -0.4 is 15.0 Å². The normalized spacial score (nSPS) is 12.9. The summed E-state index contributed by atoms with van der Waals surface area (Å²) < 4.78 is 5.87. The predicted molar refractivity (Wildman–Crippen MR) is 107 cm³/mol. The topological polar surface area (TPSA) is 24.5 Å². The molecule has 3 rings (SSSR count). The summed E-state index contributed by atoms with van der Waals surface area (Å²) in [7, 11) is 0. The first kappa shape index (κ1) is 17.7. The monoisotopic (exact) mass is 338 g/mol. The number of rotatable bonds is 10. The second-order valence-corrected chi connectivity index (χ2v) is 6.73. The van der Waals surface area contributed by atoms with E-state index < -0.39 is 0 Å². The van der Waals surface area contributed by atoms with Gasteiger partial charge in [0.05, 0.1) is 6.61 Å². The molecule has 0 saturated carbocycles. The Morgan fingerprint density at radius 3 is 2.88 bits per heavy atom. The fourth-order valence-corrected chi connectivity index (χ4v) is 3.39. The zero-order valence-corrected chi connectivity index (χ0v) is 15.3. The smallest absolute Gasteiger partial charge is 0.121 e. The van der Waals surface area contributed by atoms with Crippen LogP contribution in [-0.4, -0.2) is 26.2 Å². The highest BCUT2D eigenvalue weighted by Crippen LogP contribution is 2.27. The van der Waals surface area contributed by atoms with Crippen LogP contribution in [0.4, 0.5) is 11.4 Å². The highest BCUT2D eigenvalue weighted by Gasteiger charge is 2.17. The maximum Gasteiger partial charge on any atom is 0.121 e. The van der Waals surface area contributed by atoms with Gasteiger partial charge < -0.3 is 15.0 Å². The van der Waals surface area contributed by atoms with Gasteiger partial charge in [0.25, 0.3) is 0 Å². The number of unbranched alkanes of at least 4 members (excludes halogenated alkanes) is 3. The van der Waals surface area contributed by atoms with Crippen LogP contribution in [0, 0.1) is 0 Å². The summed E-state index contributed by atoms with van der Waals surface area (Å²) in [6, 6.07) is 17.1. The quantitative estimate of drug-likeness (QED) is 0.609. The van der Waals surface area contributed by atoms with E-state index in [1.54, 1.807) is 0 Å². The number of hydrogen-bond donors (Lipinski definition) is 1. The van der Waals surface area contributed by atoms with Gasteiger partial charge in [-0.3, -0.25) is 0 Å². The third-order valence-corrected chi connectivity index (χ3v) is 4.79. The van der Waals surface area contributed by atoms with Crippen LogP contribution in [0.3, 0.4) is 0 Å². The minimum absolute atomic E-state index is 0.814. The number of fused-ring (bicyclic) bond motifs is 1. The maximum absolute atomic E-state index is 5.87. The molecule has 0 aliphatic carbocycles. The molecule has 0 unspecified atom stereocenters. The van der Waals surface area contributed by atoms with E-state index in [0.29, 0.717) is 0 Å². The molecule has 1 heterocycles. The van der Waals surface area contributed by atoms with Crippen molar-refractivity contribution in [3.8, 4) is 5.75 Å². The minimum Gasteiger partial charge on any atom is -0.494 e. The Morgan fingerprint density at radius 1 is 1.04 bits per heavy atom. The van der Waals surface area contributed by atoms with E-state index in [1.807, 2.05) is 6.07 Å². The Hall–Kier alpha value is -2.16. The molecule has 0 spiro atoms. The van der Waals surface area contributed by atoms with E-state index in [0.717, 1.165) is 50.5 Å². The molecule has 0 saturated heterocycles. The first-order chi connectivity index (χ1) is 12.4.